The number of hydrogen-bond donors (Lipinski definition) is 2. The van der Waals surface area contributed by atoms with Crippen molar-refractivity contribution < 1.29 is 5.11 Å². The van der Waals surface area contributed by atoms with Gasteiger partial charge in [0.05, 0.1) is 6.10 Å². The lowest BCUT2D eigenvalue weighted by atomic mass is 9.47. The molecule has 3 fully saturated rings. The molecule has 24 heavy (non-hydrogen) atoms. The maximum Gasteiger partial charge on any atom is 0.0545 e. The third kappa shape index (κ3) is 2.28. The number of aliphatic hydroxyl groups is 1. The van der Waals surface area contributed by atoms with Gasteiger partial charge in [-0.25, -0.2) is 0 Å². The second-order valence-corrected chi connectivity index (χ2v) is 9.96. The Morgan fingerprint density at radius 2 is 1.92 bits per heavy atom. The van der Waals surface area contributed by atoms with Gasteiger partial charge in [0, 0.05) is 6.04 Å². The van der Waals surface area contributed by atoms with E-state index in [0.29, 0.717) is 22.8 Å². The van der Waals surface area contributed by atoms with Gasteiger partial charge in [-0.15, -0.1) is 0 Å². The summed E-state index contributed by atoms with van der Waals surface area (Å²) in [6, 6.07) is 0.695. The molecule has 0 unspecified atom stereocenters. The fraction of sp³-hybridized carbons (Fsp3) is 0.909. The Hall–Kier alpha value is -0.340. The molecule has 3 saturated carbocycles. The summed E-state index contributed by atoms with van der Waals surface area (Å²) >= 11 is 0. The van der Waals surface area contributed by atoms with Gasteiger partial charge in [-0.2, -0.15) is 0 Å². The normalized spacial score (nSPS) is 52.0. The van der Waals surface area contributed by atoms with Crippen LogP contribution in [0.25, 0.3) is 0 Å². The first kappa shape index (κ1) is 17.1. The van der Waals surface area contributed by atoms with E-state index in [1.54, 1.807) is 5.57 Å². The molecule has 0 radical (unpaired) electrons. The molecule has 8 atom stereocenters. The lowest BCUT2D eigenvalue weighted by Crippen LogP contribution is -2.51. The highest BCUT2D eigenvalue weighted by molar-refractivity contribution is 5.25. The van der Waals surface area contributed by atoms with Crippen LogP contribution in [0.1, 0.15) is 72.1 Å². The molecular formula is C22H37NO. The van der Waals surface area contributed by atoms with Crippen molar-refractivity contribution in [3.05, 3.63) is 11.6 Å². The number of rotatable bonds is 2. The summed E-state index contributed by atoms with van der Waals surface area (Å²) in [7, 11) is 2.13. The van der Waals surface area contributed by atoms with E-state index in [4.69, 9.17) is 0 Å². The summed E-state index contributed by atoms with van der Waals surface area (Å²) in [4.78, 5) is 0. The summed E-state index contributed by atoms with van der Waals surface area (Å²) in [5.41, 5.74) is 2.61. The quantitative estimate of drug-likeness (QED) is 0.728. The van der Waals surface area contributed by atoms with E-state index in [9.17, 15) is 5.11 Å². The zero-order chi connectivity index (χ0) is 17.1. The molecule has 0 aromatic carbocycles. The Kier molecular flexibility index (Phi) is 4.16. The minimum absolute atomic E-state index is 0.132. The number of hydrogen-bond acceptors (Lipinski definition) is 2. The van der Waals surface area contributed by atoms with Crippen LogP contribution in [0.2, 0.25) is 0 Å². The molecule has 2 heteroatoms. The van der Waals surface area contributed by atoms with Crippen LogP contribution in [-0.4, -0.2) is 24.3 Å². The molecule has 2 N–H and O–H groups in total. The van der Waals surface area contributed by atoms with E-state index >= 15 is 0 Å². The van der Waals surface area contributed by atoms with Crippen molar-refractivity contribution in [1.29, 1.82) is 0 Å². The molecule has 4 aliphatic carbocycles. The van der Waals surface area contributed by atoms with Crippen LogP contribution in [0.5, 0.6) is 0 Å². The molecule has 0 amide bonds. The zero-order valence-corrected chi connectivity index (χ0v) is 16.1. The first-order valence-electron chi connectivity index (χ1n) is 10.4. The van der Waals surface area contributed by atoms with Crippen LogP contribution >= 0.6 is 0 Å². The lowest BCUT2D eigenvalue weighted by Gasteiger charge is -2.58. The molecule has 2 nitrogen and oxygen atoms in total. The highest BCUT2D eigenvalue weighted by Crippen LogP contribution is 2.66. The van der Waals surface area contributed by atoms with E-state index in [2.05, 4.69) is 32.3 Å². The molecule has 0 aromatic rings. The molecule has 0 aliphatic heterocycles. The number of aliphatic hydroxyl groups excluding tert-OH is 1. The van der Waals surface area contributed by atoms with E-state index < -0.39 is 0 Å². The summed E-state index contributed by atoms with van der Waals surface area (Å²) in [6.07, 6.45) is 13.1. The van der Waals surface area contributed by atoms with Gasteiger partial charge in [0.15, 0.2) is 0 Å². The molecule has 136 valence electrons. The average molecular weight is 332 g/mol. The smallest absolute Gasteiger partial charge is 0.0545 e. The molecule has 4 rings (SSSR count). The third-order valence-corrected chi connectivity index (χ3v) is 9.17. The molecular weight excluding hydrogens is 294 g/mol. The lowest BCUT2D eigenvalue weighted by molar-refractivity contribution is -0.0630. The highest BCUT2D eigenvalue weighted by atomic mass is 16.3. The Morgan fingerprint density at radius 1 is 1.12 bits per heavy atom. The highest BCUT2D eigenvalue weighted by Gasteiger charge is 2.59. The van der Waals surface area contributed by atoms with Crippen molar-refractivity contribution in [1.82, 2.24) is 5.32 Å². The molecule has 4 aliphatic rings. The maximum absolute atomic E-state index is 10.3. The number of fused-ring (bicyclic) bond motifs is 5. The van der Waals surface area contributed by atoms with Crippen LogP contribution in [0.4, 0.5) is 0 Å². The first-order chi connectivity index (χ1) is 11.4. The van der Waals surface area contributed by atoms with Crippen molar-refractivity contribution >= 4 is 0 Å². The minimum atomic E-state index is -0.132. The van der Waals surface area contributed by atoms with Gasteiger partial charge in [-0.1, -0.05) is 25.5 Å². The van der Waals surface area contributed by atoms with E-state index in [0.717, 1.165) is 17.8 Å². The van der Waals surface area contributed by atoms with E-state index in [1.807, 2.05) is 6.92 Å². The van der Waals surface area contributed by atoms with Gasteiger partial charge in [-0.3, -0.25) is 0 Å². The predicted octanol–water partition coefficient (Wildman–Crippen LogP) is 4.53. The van der Waals surface area contributed by atoms with Crippen LogP contribution in [0, 0.1) is 34.5 Å². The first-order valence-corrected chi connectivity index (χ1v) is 10.4. The molecule has 0 saturated heterocycles. The number of nitrogens with one attached hydrogen (secondary N) is 1. The fourth-order valence-corrected chi connectivity index (χ4v) is 7.74. The van der Waals surface area contributed by atoms with Crippen LogP contribution in [0.15, 0.2) is 11.6 Å². The van der Waals surface area contributed by atoms with Crippen LogP contribution < -0.4 is 5.32 Å². The van der Waals surface area contributed by atoms with Crippen molar-refractivity contribution in [3.63, 3.8) is 0 Å². The summed E-state index contributed by atoms with van der Waals surface area (Å²) < 4.78 is 0. The van der Waals surface area contributed by atoms with Gasteiger partial charge in [0.1, 0.15) is 0 Å². The topological polar surface area (TPSA) is 32.3 Å². The summed E-state index contributed by atoms with van der Waals surface area (Å²) in [6.45, 7) is 7.13. The Bertz CT molecular complexity index is 526. The van der Waals surface area contributed by atoms with Gasteiger partial charge < -0.3 is 10.4 Å². The molecule has 0 spiro atoms. The second kappa shape index (κ2) is 5.84. The van der Waals surface area contributed by atoms with Crippen molar-refractivity contribution in [3.8, 4) is 0 Å². The number of allylic oxidation sites excluding steroid dienone is 1. The summed E-state index contributed by atoms with van der Waals surface area (Å²) in [5, 5.41) is 13.8. The van der Waals surface area contributed by atoms with Crippen molar-refractivity contribution in [2.75, 3.05) is 7.05 Å². The van der Waals surface area contributed by atoms with Gasteiger partial charge in [0.2, 0.25) is 0 Å². The molecule has 0 bridgehead atoms. The Labute approximate surface area is 148 Å². The van der Waals surface area contributed by atoms with Crippen LogP contribution in [-0.2, 0) is 0 Å². The Balaban J connectivity index is 1.62. The van der Waals surface area contributed by atoms with Crippen molar-refractivity contribution in [2.45, 2.75) is 84.3 Å². The second-order valence-electron chi connectivity index (χ2n) is 9.96. The predicted molar refractivity (Wildman–Crippen MR) is 99.7 cm³/mol. The fourth-order valence-electron chi connectivity index (χ4n) is 7.74. The minimum Gasteiger partial charge on any atom is -0.393 e. The SMILES string of the molecule is CN[C@H]1CC[C@@]2(C)C(=CC[C@@H]3[C@H]4CC[C@H]([C@H](C)O)[C@@]4(C)CC[C@@H]32)C1. The summed E-state index contributed by atoms with van der Waals surface area (Å²) in [5.74, 6) is 3.13. The maximum atomic E-state index is 10.3. The average Bonchev–Trinajstić information content (AvgIpc) is 2.91. The molecule has 0 heterocycles. The standard InChI is InChI=1S/C22H37NO/c1-14(24)18-7-8-19-17-6-5-15-13-16(23-4)9-11-21(15,2)20(17)10-12-22(18,19)3/h5,14,16-20,23-24H,6-13H2,1-4H3/t14-,16-,17+,18+,19+,20-,21-,22+/m0/s1. The van der Waals surface area contributed by atoms with Gasteiger partial charge >= 0.3 is 0 Å². The molecule has 0 aromatic heterocycles. The van der Waals surface area contributed by atoms with E-state index in [-0.39, 0.29) is 6.10 Å². The monoisotopic (exact) mass is 331 g/mol. The van der Waals surface area contributed by atoms with Crippen molar-refractivity contribution in [2.24, 2.45) is 34.5 Å². The van der Waals surface area contributed by atoms with E-state index in [1.165, 1.54) is 51.4 Å². The van der Waals surface area contributed by atoms with Gasteiger partial charge in [0.25, 0.3) is 0 Å². The van der Waals surface area contributed by atoms with Gasteiger partial charge in [-0.05, 0) is 99.8 Å². The van der Waals surface area contributed by atoms with Crippen LogP contribution in [0.3, 0.4) is 0 Å². The Morgan fingerprint density at radius 3 is 2.62 bits per heavy atom. The largest absolute Gasteiger partial charge is 0.393 e. The zero-order valence-electron chi connectivity index (χ0n) is 16.1. The third-order valence-electron chi connectivity index (χ3n) is 9.17.